The third-order valence-corrected chi connectivity index (χ3v) is 3.81. The molecule has 2 aromatic rings. The van der Waals surface area contributed by atoms with Crippen LogP contribution in [0.25, 0.3) is 0 Å². The van der Waals surface area contributed by atoms with Crippen LogP contribution in [0.4, 0.5) is 15.8 Å². The minimum absolute atomic E-state index is 0.257. The van der Waals surface area contributed by atoms with Gasteiger partial charge in [-0.2, -0.15) is 5.26 Å². The molecule has 20 heavy (non-hydrogen) atoms. The molecular formula is C15H12ClFN2S. The van der Waals surface area contributed by atoms with Crippen molar-refractivity contribution in [2.24, 2.45) is 0 Å². The van der Waals surface area contributed by atoms with Gasteiger partial charge in [0.2, 0.25) is 0 Å². The van der Waals surface area contributed by atoms with E-state index in [-0.39, 0.29) is 5.69 Å². The third kappa shape index (κ3) is 3.24. The molecule has 0 radical (unpaired) electrons. The van der Waals surface area contributed by atoms with Crippen LogP contribution in [-0.2, 0) is 0 Å². The van der Waals surface area contributed by atoms with Crippen molar-refractivity contribution in [1.82, 2.24) is 0 Å². The van der Waals surface area contributed by atoms with Crippen LogP contribution in [-0.4, -0.2) is 5.75 Å². The largest absolute Gasteiger partial charge is 0.352 e. The highest BCUT2D eigenvalue weighted by molar-refractivity contribution is 7.99. The maximum Gasteiger partial charge on any atom is 0.146 e. The molecular weight excluding hydrogens is 295 g/mol. The lowest BCUT2D eigenvalue weighted by Crippen LogP contribution is -1.97. The number of rotatable bonds is 4. The Kier molecular flexibility index (Phi) is 4.89. The number of hydrogen-bond donors (Lipinski definition) is 1. The zero-order valence-corrected chi connectivity index (χ0v) is 12.4. The average Bonchev–Trinajstić information content (AvgIpc) is 2.43. The molecule has 2 nitrogen and oxygen atoms in total. The lowest BCUT2D eigenvalue weighted by molar-refractivity contribution is 0.632. The Morgan fingerprint density at radius 3 is 2.80 bits per heavy atom. The Bertz CT molecular complexity index is 667. The minimum atomic E-state index is -0.410. The van der Waals surface area contributed by atoms with Gasteiger partial charge in [-0.05, 0) is 36.1 Å². The van der Waals surface area contributed by atoms with Crippen LogP contribution in [0.3, 0.4) is 0 Å². The maximum absolute atomic E-state index is 13.7. The van der Waals surface area contributed by atoms with Gasteiger partial charge >= 0.3 is 0 Å². The van der Waals surface area contributed by atoms with Crippen molar-refractivity contribution >= 4 is 34.7 Å². The summed E-state index contributed by atoms with van der Waals surface area (Å²) in [6.45, 7) is 2.02. The van der Waals surface area contributed by atoms with Crippen molar-refractivity contribution in [3.05, 3.63) is 52.8 Å². The van der Waals surface area contributed by atoms with Crippen LogP contribution < -0.4 is 5.32 Å². The Labute approximate surface area is 126 Å². The topological polar surface area (TPSA) is 35.8 Å². The van der Waals surface area contributed by atoms with E-state index >= 15 is 0 Å². The Balaban J connectivity index is 2.41. The first-order valence-corrected chi connectivity index (χ1v) is 7.40. The molecule has 5 heteroatoms. The van der Waals surface area contributed by atoms with Gasteiger partial charge < -0.3 is 5.32 Å². The molecule has 0 unspecified atom stereocenters. The molecule has 0 aliphatic rings. The standard InChI is InChI=1S/C15H12ClFN2S/c1-2-20-15-5-3-4-13(11(15)9-18)19-14-8-10(16)6-7-12(14)17/h3-8,19H,2H2,1H3. The first-order chi connectivity index (χ1) is 9.65. The number of benzene rings is 2. The summed E-state index contributed by atoms with van der Waals surface area (Å²) in [5, 5.41) is 12.7. The lowest BCUT2D eigenvalue weighted by atomic mass is 10.2. The molecule has 0 saturated heterocycles. The van der Waals surface area contributed by atoms with Crippen LogP contribution in [0.1, 0.15) is 12.5 Å². The zero-order valence-electron chi connectivity index (χ0n) is 10.8. The van der Waals surface area contributed by atoms with E-state index in [2.05, 4.69) is 11.4 Å². The Hall–Kier alpha value is -1.70. The Morgan fingerprint density at radius 2 is 2.10 bits per heavy atom. The summed E-state index contributed by atoms with van der Waals surface area (Å²) < 4.78 is 13.7. The summed E-state index contributed by atoms with van der Waals surface area (Å²) in [4.78, 5) is 0.877. The fourth-order valence-corrected chi connectivity index (χ4v) is 2.72. The highest BCUT2D eigenvalue weighted by Crippen LogP contribution is 2.31. The molecule has 0 aliphatic heterocycles. The van der Waals surface area contributed by atoms with E-state index in [9.17, 15) is 9.65 Å². The van der Waals surface area contributed by atoms with Crippen LogP contribution in [0, 0.1) is 17.1 Å². The second kappa shape index (κ2) is 6.65. The molecule has 0 saturated carbocycles. The van der Waals surface area contributed by atoms with Gasteiger partial charge in [0.25, 0.3) is 0 Å². The van der Waals surface area contributed by atoms with Crippen LogP contribution in [0.5, 0.6) is 0 Å². The summed E-state index contributed by atoms with van der Waals surface area (Å²) in [6, 6.07) is 11.9. The molecule has 2 rings (SSSR count). The van der Waals surface area contributed by atoms with Gasteiger partial charge in [0, 0.05) is 9.92 Å². The molecule has 0 aromatic heterocycles. The van der Waals surface area contributed by atoms with Crippen molar-refractivity contribution < 1.29 is 4.39 Å². The molecule has 102 valence electrons. The second-order valence-corrected chi connectivity index (χ2v) is 5.71. The van der Waals surface area contributed by atoms with Gasteiger partial charge in [-0.1, -0.05) is 24.6 Å². The number of halogens is 2. The van der Waals surface area contributed by atoms with Gasteiger partial charge in [-0.3, -0.25) is 0 Å². The Morgan fingerprint density at radius 1 is 1.30 bits per heavy atom. The monoisotopic (exact) mass is 306 g/mol. The summed E-state index contributed by atoms with van der Waals surface area (Å²) in [7, 11) is 0. The van der Waals surface area contributed by atoms with E-state index in [0.29, 0.717) is 16.3 Å². The fourth-order valence-electron chi connectivity index (χ4n) is 1.76. The van der Waals surface area contributed by atoms with E-state index in [1.807, 2.05) is 19.1 Å². The smallest absolute Gasteiger partial charge is 0.146 e. The predicted octanol–water partition coefficient (Wildman–Crippen LogP) is 5.21. The fraction of sp³-hybridized carbons (Fsp3) is 0.133. The first kappa shape index (κ1) is 14.7. The number of nitrogens with zero attached hydrogens (tertiary/aromatic N) is 1. The average molecular weight is 307 g/mol. The highest BCUT2D eigenvalue weighted by Gasteiger charge is 2.10. The zero-order chi connectivity index (χ0) is 14.5. The number of nitriles is 1. The minimum Gasteiger partial charge on any atom is -0.352 e. The van der Waals surface area contributed by atoms with Gasteiger partial charge in [0.1, 0.15) is 11.9 Å². The van der Waals surface area contributed by atoms with Crippen LogP contribution in [0.2, 0.25) is 5.02 Å². The third-order valence-electron chi connectivity index (χ3n) is 2.64. The van der Waals surface area contributed by atoms with E-state index < -0.39 is 5.82 Å². The van der Waals surface area contributed by atoms with Gasteiger partial charge in [0.05, 0.1) is 16.9 Å². The van der Waals surface area contributed by atoms with Gasteiger partial charge in [-0.25, -0.2) is 4.39 Å². The van der Waals surface area contributed by atoms with Gasteiger partial charge in [-0.15, -0.1) is 11.8 Å². The molecule has 2 aromatic carbocycles. The highest BCUT2D eigenvalue weighted by atomic mass is 35.5. The summed E-state index contributed by atoms with van der Waals surface area (Å²) in [5.74, 6) is 0.454. The predicted molar refractivity (Wildman–Crippen MR) is 82.2 cm³/mol. The van der Waals surface area contributed by atoms with Crippen molar-refractivity contribution in [3.8, 4) is 6.07 Å². The summed E-state index contributed by atoms with van der Waals surface area (Å²) >= 11 is 7.44. The molecule has 0 aliphatic carbocycles. The molecule has 0 fully saturated rings. The van der Waals surface area contributed by atoms with Crippen LogP contribution >= 0.6 is 23.4 Å². The second-order valence-electron chi connectivity index (χ2n) is 3.97. The molecule has 0 bridgehead atoms. The maximum atomic E-state index is 13.7. The number of hydrogen-bond acceptors (Lipinski definition) is 3. The van der Waals surface area contributed by atoms with Crippen molar-refractivity contribution in [1.29, 1.82) is 5.26 Å². The molecule has 1 N–H and O–H groups in total. The number of thioether (sulfide) groups is 1. The van der Waals surface area contributed by atoms with Crippen molar-refractivity contribution in [2.75, 3.05) is 11.1 Å². The van der Waals surface area contributed by atoms with E-state index in [0.717, 1.165) is 10.6 Å². The van der Waals surface area contributed by atoms with E-state index in [4.69, 9.17) is 11.6 Å². The lowest BCUT2D eigenvalue weighted by Gasteiger charge is -2.12. The molecule has 0 atom stereocenters. The summed E-state index contributed by atoms with van der Waals surface area (Å²) in [5.41, 5.74) is 1.35. The molecule has 0 amide bonds. The van der Waals surface area contributed by atoms with E-state index in [1.165, 1.54) is 18.2 Å². The number of nitrogens with one attached hydrogen (secondary N) is 1. The van der Waals surface area contributed by atoms with Crippen molar-refractivity contribution in [2.45, 2.75) is 11.8 Å². The summed E-state index contributed by atoms with van der Waals surface area (Å²) in [6.07, 6.45) is 0. The number of anilines is 2. The van der Waals surface area contributed by atoms with Crippen molar-refractivity contribution in [3.63, 3.8) is 0 Å². The normalized spacial score (nSPS) is 10.1. The molecule has 0 heterocycles. The molecule has 0 spiro atoms. The SMILES string of the molecule is CCSc1cccc(Nc2cc(Cl)ccc2F)c1C#N. The van der Waals surface area contributed by atoms with Crippen LogP contribution in [0.15, 0.2) is 41.3 Å². The van der Waals surface area contributed by atoms with Gasteiger partial charge in [0.15, 0.2) is 0 Å². The first-order valence-electron chi connectivity index (χ1n) is 6.03. The van der Waals surface area contributed by atoms with E-state index in [1.54, 1.807) is 17.8 Å². The quantitative estimate of drug-likeness (QED) is 0.788.